The summed E-state index contributed by atoms with van der Waals surface area (Å²) in [7, 11) is 1.57. The molecule has 0 saturated carbocycles. The Morgan fingerprint density at radius 1 is 1.24 bits per heavy atom. The van der Waals surface area contributed by atoms with Gasteiger partial charge in [0.2, 0.25) is 0 Å². The van der Waals surface area contributed by atoms with E-state index in [1.165, 1.54) is 36.5 Å². The number of benzene rings is 1. The maximum atomic E-state index is 13.0. The lowest BCUT2D eigenvalue weighted by atomic mass is 10.1. The molecular weight excluding hydrogens is 335 g/mol. The number of carbonyl (C=O) groups excluding carboxylic acids is 1. The molecule has 0 aliphatic carbocycles. The van der Waals surface area contributed by atoms with Crippen LogP contribution in [0.2, 0.25) is 0 Å². The highest BCUT2D eigenvalue weighted by atomic mass is 19.4. The second kappa shape index (κ2) is 8.48. The number of aromatic nitrogens is 1. The number of amides is 1. The van der Waals surface area contributed by atoms with Crippen LogP contribution < -0.4 is 10.6 Å². The second-order valence-electron chi connectivity index (χ2n) is 5.20. The van der Waals surface area contributed by atoms with Crippen LogP contribution in [0.4, 0.5) is 24.7 Å². The van der Waals surface area contributed by atoms with Gasteiger partial charge in [-0.2, -0.15) is 13.2 Å². The van der Waals surface area contributed by atoms with E-state index < -0.39 is 11.7 Å². The van der Waals surface area contributed by atoms with Crippen LogP contribution in [0.25, 0.3) is 0 Å². The van der Waals surface area contributed by atoms with Crippen LogP contribution in [0.1, 0.15) is 22.3 Å². The number of nitrogens with one attached hydrogen (secondary N) is 2. The van der Waals surface area contributed by atoms with Gasteiger partial charge in [0.05, 0.1) is 11.3 Å². The van der Waals surface area contributed by atoms with E-state index in [2.05, 4.69) is 15.6 Å². The third kappa shape index (κ3) is 5.46. The summed E-state index contributed by atoms with van der Waals surface area (Å²) in [4.78, 5) is 16.0. The summed E-state index contributed by atoms with van der Waals surface area (Å²) < 4.78 is 44.0. The summed E-state index contributed by atoms with van der Waals surface area (Å²) in [6, 6.07) is 7.98. The largest absolute Gasteiger partial charge is 0.418 e. The highest BCUT2D eigenvalue weighted by Gasteiger charge is 2.33. The zero-order valence-electron chi connectivity index (χ0n) is 13.6. The monoisotopic (exact) mass is 353 g/mol. The van der Waals surface area contributed by atoms with Crippen LogP contribution in [-0.4, -0.2) is 31.2 Å². The standard InChI is InChI=1S/C17H18F3N3O2/c1-25-10-4-8-22-16(24)12-7-9-21-15(11-12)23-14-6-3-2-5-13(14)17(18,19)20/h2-3,5-7,9,11H,4,8,10H2,1H3,(H,21,23)(H,22,24). The van der Waals surface area contributed by atoms with Crippen LogP contribution in [-0.2, 0) is 10.9 Å². The SMILES string of the molecule is COCCCNC(=O)c1ccnc(Nc2ccccc2C(F)(F)F)c1. The molecule has 0 bridgehead atoms. The van der Waals surface area contributed by atoms with Crippen molar-refractivity contribution in [1.82, 2.24) is 10.3 Å². The van der Waals surface area contributed by atoms with Crippen molar-refractivity contribution in [1.29, 1.82) is 0 Å². The van der Waals surface area contributed by atoms with E-state index in [9.17, 15) is 18.0 Å². The van der Waals surface area contributed by atoms with Gasteiger partial charge in [0.25, 0.3) is 5.91 Å². The van der Waals surface area contributed by atoms with Gasteiger partial charge >= 0.3 is 6.18 Å². The normalized spacial score (nSPS) is 11.2. The van der Waals surface area contributed by atoms with Crippen molar-refractivity contribution in [2.24, 2.45) is 0 Å². The number of pyridine rings is 1. The van der Waals surface area contributed by atoms with Crippen LogP contribution >= 0.6 is 0 Å². The van der Waals surface area contributed by atoms with E-state index in [-0.39, 0.29) is 17.4 Å². The molecule has 5 nitrogen and oxygen atoms in total. The molecule has 0 radical (unpaired) electrons. The first-order valence-electron chi connectivity index (χ1n) is 7.58. The van der Waals surface area contributed by atoms with Gasteiger partial charge in [-0.05, 0) is 30.7 Å². The first-order chi connectivity index (χ1) is 11.9. The Morgan fingerprint density at radius 3 is 2.72 bits per heavy atom. The molecule has 0 spiro atoms. The summed E-state index contributed by atoms with van der Waals surface area (Å²) >= 11 is 0. The molecule has 0 fully saturated rings. The zero-order chi connectivity index (χ0) is 18.3. The van der Waals surface area contributed by atoms with E-state index in [0.717, 1.165) is 6.07 Å². The molecule has 1 aromatic carbocycles. The van der Waals surface area contributed by atoms with Gasteiger partial charge in [0, 0.05) is 32.0 Å². The molecule has 1 amide bonds. The van der Waals surface area contributed by atoms with Gasteiger partial charge in [-0.25, -0.2) is 4.98 Å². The van der Waals surface area contributed by atoms with E-state index in [1.54, 1.807) is 7.11 Å². The topological polar surface area (TPSA) is 63.2 Å². The Balaban J connectivity index is 2.11. The highest BCUT2D eigenvalue weighted by molar-refractivity contribution is 5.94. The summed E-state index contributed by atoms with van der Waals surface area (Å²) in [6.07, 6.45) is -2.46. The summed E-state index contributed by atoms with van der Waals surface area (Å²) in [6.45, 7) is 0.965. The Hall–Kier alpha value is -2.61. The summed E-state index contributed by atoms with van der Waals surface area (Å²) in [5, 5.41) is 5.33. The number of rotatable bonds is 7. The fraction of sp³-hybridized carbons (Fsp3) is 0.294. The highest BCUT2D eigenvalue weighted by Crippen LogP contribution is 2.35. The van der Waals surface area contributed by atoms with Gasteiger partial charge in [-0.1, -0.05) is 12.1 Å². The Bertz CT molecular complexity index is 720. The van der Waals surface area contributed by atoms with Gasteiger partial charge in [0.15, 0.2) is 0 Å². The number of alkyl halides is 3. The molecule has 0 unspecified atom stereocenters. The average molecular weight is 353 g/mol. The first kappa shape index (κ1) is 18.7. The van der Waals surface area contributed by atoms with Crippen molar-refractivity contribution in [3.05, 3.63) is 53.7 Å². The number of nitrogens with zero attached hydrogens (tertiary/aromatic N) is 1. The molecule has 2 aromatic rings. The van der Waals surface area contributed by atoms with E-state index >= 15 is 0 Å². The van der Waals surface area contributed by atoms with Crippen LogP contribution in [0.3, 0.4) is 0 Å². The Labute approximate surface area is 143 Å². The van der Waals surface area contributed by atoms with Crippen molar-refractivity contribution < 1.29 is 22.7 Å². The lowest BCUT2D eigenvalue weighted by molar-refractivity contribution is -0.136. The number of carbonyl (C=O) groups is 1. The number of anilines is 2. The minimum atomic E-state index is -4.49. The third-order valence-electron chi connectivity index (χ3n) is 3.33. The molecule has 0 atom stereocenters. The molecule has 0 aliphatic heterocycles. The number of hydrogen-bond acceptors (Lipinski definition) is 4. The fourth-order valence-corrected chi connectivity index (χ4v) is 2.14. The smallest absolute Gasteiger partial charge is 0.385 e. The van der Waals surface area contributed by atoms with E-state index in [4.69, 9.17) is 4.74 Å². The van der Waals surface area contributed by atoms with Gasteiger partial charge in [-0.15, -0.1) is 0 Å². The van der Waals surface area contributed by atoms with Crippen molar-refractivity contribution in [3.63, 3.8) is 0 Å². The van der Waals surface area contributed by atoms with E-state index in [0.29, 0.717) is 25.1 Å². The van der Waals surface area contributed by atoms with Crippen molar-refractivity contribution >= 4 is 17.4 Å². The molecule has 1 heterocycles. The molecule has 8 heteroatoms. The van der Waals surface area contributed by atoms with Crippen LogP contribution in [0.15, 0.2) is 42.6 Å². The van der Waals surface area contributed by atoms with Crippen LogP contribution in [0.5, 0.6) is 0 Å². The zero-order valence-corrected chi connectivity index (χ0v) is 13.6. The molecule has 0 saturated heterocycles. The van der Waals surface area contributed by atoms with Crippen molar-refractivity contribution in [3.8, 4) is 0 Å². The average Bonchev–Trinajstić information content (AvgIpc) is 2.58. The minimum Gasteiger partial charge on any atom is -0.385 e. The van der Waals surface area contributed by atoms with Gasteiger partial charge in [0.1, 0.15) is 5.82 Å². The molecular formula is C17H18F3N3O2. The Kier molecular flexibility index (Phi) is 6.35. The summed E-state index contributed by atoms with van der Waals surface area (Å²) in [5.41, 5.74) is -0.620. The predicted molar refractivity (Wildman–Crippen MR) is 87.8 cm³/mol. The molecule has 134 valence electrons. The molecule has 2 rings (SSSR count). The molecule has 2 N–H and O–H groups in total. The quantitative estimate of drug-likeness (QED) is 0.747. The lowest BCUT2D eigenvalue weighted by Gasteiger charge is -2.14. The second-order valence-corrected chi connectivity index (χ2v) is 5.20. The van der Waals surface area contributed by atoms with E-state index in [1.807, 2.05) is 0 Å². The number of ether oxygens (including phenoxy) is 1. The minimum absolute atomic E-state index is 0.125. The van der Waals surface area contributed by atoms with Crippen LogP contribution in [0, 0.1) is 0 Å². The number of halogens is 3. The fourth-order valence-electron chi connectivity index (χ4n) is 2.14. The van der Waals surface area contributed by atoms with Gasteiger partial charge in [-0.3, -0.25) is 4.79 Å². The van der Waals surface area contributed by atoms with Crippen molar-refractivity contribution in [2.75, 3.05) is 25.6 Å². The lowest BCUT2D eigenvalue weighted by Crippen LogP contribution is -2.25. The number of para-hydroxylation sites is 1. The summed E-state index contributed by atoms with van der Waals surface area (Å²) in [5.74, 6) is -0.174. The van der Waals surface area contributed by atoms with Crippen molar-refractivity contribution in [2.45, 2.75) is 12.6 Å². The van der Waals surface area contributed by atoms with Gasteiger partial charge < -0.3 is 15.4 Å². The molecule has 1 aromatic heterocycles. The first-order valence-corrected chi connectivity index (χ1v) is 7.58. The number of hydrogen-bond donors (Lipinski definition) is 2. The predicted octanol–water partition coefficient (Wildman–Crippen LogP) is 3.61. The number of methoxy groups -OCH3 is 1. The molecule has 0 aliphatic rings. The third-order valence-corrected chi connectivity index (χ3v) is 3.33. The maximum Gasteiger partial charge on any atom is 0.418 e. The maximum absolute atomic E-state index is 13.0. The molecule has 25 heavy (non-hydrogen) atoms. The Morgan fingerprint density at radius 2 is 2.00 bits per heavy atom.